The van der Waals surface area contributed by atoms with Gasteiger partial charge in [-0.05, 0) is 60.8 Å². The number of aromatic amines is 1. The second-order valence-electron chi connectivity index (χ2n) is 5.50. The number of aromatic nitrogens is 1. The zero-order valence-electron chi connectivity index (χ0n) is 13.8. The van der Waals surface area contributed by atoms with Crippen molar-refractivity contribution in [2.24, 2.45) is 0 Å². The summed E-state index contributed by atoms with van der Waals surface area (Å²) in [6, 6.07) is 11.4. The Morgan fingerprint density at radius 2 is 1.85 bits per heavy atom. The molecule has 0 bridgehead atoms. The van der Waals surface area contributed by atoms with Crippen molar-refractivity contribution in [3.63, 3.8) is 0 Å². The minimum absolute atomic E-state index is 0.0985. The first kappa shape index (κ1) is 17.3. The summed E-state index contributed by atoms with van der Waals surface area (Å²) >= 11 is 0. The molecule has 26 heavy (non-hydrogen) atoms. The van der Waals surface area contributed by atoms with E-state index in [1.54, 1.807) is 6.92 Å². The number of hydrogen-bond donors (Lipinski definition) is 2. The molecule has 2 aromatic carbocycles. The van der Waals surface area contributed by atoms with Gasteiger partial charge in [0.1, 0.15) is 11.4 Å². The van der Waals surface area contributed by atoms with Gasteiger partial charge >= 0.3 is 5.97 Å². The van der Waals surface area contributed by atoms with Gasteiger partial charge in [-0.25, -0.2) is 9.18 Å². The lowest BCUT2D eigenvalue weighted by Gasteiger charge is -2.07. The highest BCUT2D eigenvalue weighted by Crippen LogP contribution is 2.15. The Morgan fingerprint density at radius 1 is 1.12 bits per heavy atom. The standard InChI is InChI=1S/C19H15FN2O4/c1-2-26-19(25)11-4-7-14(8-5-11)21-17(23)15-9-12-3-6-13(20)10-16(12)22-18(15)24/h3-10H,2H2,1H3,(H,21,23)(H,22,24). The molecule has 3 aromatic rings. The summed E-state index contributed by atoms with van der Waals surface area (Å²) in [6.45, 7) is 1.98. The SMILES string of the molecule is CCOC(=O)c1ccc(NC(=O)c2cc3ccc(F)cc3[nH]c2=O)cc1. The van der Waals surface area contributed by atoms with Gasteiger partial charge in [-0.1, -0.05) is 0 Å². The number of carbonyl (C=O) groups excluding carboxylic acids is 2. The first-order valence-electron chi connectivity index (χ1n) is 7.89. The largest absolute Gasteiger partial charge is 0.462 e. The Hall–Kier alpha value is -3.48. The molecular weight excluding hydrogens is 339 g/mol. The van der Waals surface area contributed by atoms with Crippen molar-refractivity contribution >= 4 is 28.5 Å². The van der Waals surface area contributed by atoms with Gasteiger partial charge in [-0.15, -0.1) is 0 Å². The topological polar surface area (TPSA) is 88.3 Å². The van der Waals surface area contributed by atoms with Crippen molar-refractivity contribution in [1.29, 1.82) is 0 Å². The van der Waals surface area contributed by atoms with Crippen LogP contribution in [0.15, 0.2) is 53.3 Å². The zero-order valence-corrected chi connectivity index (χ0v) is 13.8. The maximum absolute atomic E-state index is 13.2. The van der Waals surface area contributed by atoms with E-state index in [2.05, 4.69) is 10.3 Å². The Morgan fingerprint density at radius 3 is 2.54 bits per heavy atom. The predicted octanol–water partition coefficient (Wildman–Crippen LogP) is 3.10. The van der Waals surface area contributed by atoms with Crippen LogP contribution in [0, 0.1) is 5.82 Å². The fourth-order valence-electron chi connectivity index (χ4n) is 2.44. The maximum Gasteiger partial charge on any atom is 0.338 e. The van der Waals surface area contributed by atoms with Crippen LogP contribution >= 0.6 is 0 Å². The molecule has 0 aliphatic heterocycles. The van der Waals surface area contributed by atoms with Crippen LogP contribution < -0.4 is 10.9 Å². The minimum atomic E-state index is -0.622. The van der Waals surface area contributed by atoms with Crippen LogP contribution in [-0.4, -0.2) is 23.5 Å². The Labute approximate surface area is 147 Å². The molecule has 0 unspecified atom stereocenters. The highest BCUT2D eigenvalue weighted by molar-refractivity contribution is 6.05. The van der Waals surface area contributed by atoms with Gasteiger partial charge in [0.15, 0.2) is 0 Å². The Bertz CT molecular complexity index is 1040. The molecular formula is C19H15FN2O4. The maximum atomic E-state index is 13.2. The van der Waals surface area contributed by atoms with E-state index < -0.39 is 23.3 Å². The lowest BCUT2D eigenvalue weighted by Crippen LogP contribution is -2.23. The third-order valence-corrected chi connectivity index (χ3v) is 3.71. The van der Waals surface area contributed by atoms with Crippen molar-refractivity contribution in [2.45, 2.75) is 6.92 Å². The van der Waals surface area contributed by atoms with E-state index in [1.807, 2.05) is 0 Å². The third kappa shape index (κ3) is 3.61. The van der Waals surface area contributed by atoms with Gasteiger partial charge < -0.3 is 15.0 Å². The number of pyridine rings is 1. The lowest BCUT2D eigenvalue weighted by molar-refractivity contribution is 0.0526. The minimum Gasteiger partial charge on any atom is -0.462 e. The normalized spacial score (nSPS) is 10.5. The van der Waals surface area contributed by atoms with Crippen LogP contribution in [0.4, 0.5) is 10.1 Å². The monoisotopic (exact) mass is 354 g/mol. The summed E-state index contributed by atoms with van der Waals surface area (Å²) in [5.41, 5.74) is 0.366. The molecule has 7 heteroatoms. The summed E-state index contributed by atoms with van der Waals surface area (Å²) in [5.74, 6) is -1.54. The van der Waals surface area contributed by atoms with E-state index in [0.717, 1.165) is 0 Å². The van der Waals surface area contributed by atoms with Crippen LogP contribution in [0.2, 0.25) is 0 Å². The highest BCUT2D eigenvalue weighted by atomic mass is 19.1. The number of H-pyrrole nitrogens is 1. The number of rotatable bonds is 4. The second-order valence-corrected chi connectivity index (χ2v) is 5.50. The summed E-state index contributed by atoms with van der Waals surface area (Å²) in [4.78, 5) is 38.6. The average molecular weight is 354 g/mol. The molecule has 1 amide bonds. The Balaban J connectivity index is 1.83. The number of anilines is 1. The van der Waals surface area contributed by atoms with Crippen LogP contribution in [0.5, 0.6) is 0 Å². The van der Waals surface area contributed by atoms with E-state index in [0.29, 0.717) is 22.2 Å². The molecule has 0 aliphatic rings. The number of carbonyl (C=O) groups is 2. The average Bonchev–Trinajstić information content (AvgIpc) is 2.61. The summed E-state index contributed by atoms with van der Waals surface area (Å²) < 4.78 is 18.1. The van der Waals surface area contributed by atoms with Gasteiger partial charge in [0.25, 0.3) is 11.5 Å². The van der Waals surface area contributed by atoms with E-state index in [-0.39, 0.29) is 12.2 Å². The number of ether oxygens (including phenoxy) is 1. The van der Waals surface area contributed by atoms with Gasteiger partial charge in [0, 0.05) is 5.69 Å². The summed E-state index contributed by atoms with van der Waals surface area (Å²) in [6.07, 6.45) is 0. The molecule has 0 spiro atoms. The molecule has 0 saturated heterocycles. The molecule has 2 N–H and O–H groups in total. The zero-order chi connectivity index (χ0) is 18.7. The molecule has 0 atom stereocenters. The fourth-order valence-corrected chi connectivity index (χ4v) is 2.44. The van der Waals surface area contributed by atoms with Gasteiger partial charge in [-0.3, -0.25) is 9.59 Å². The van der Waals surface area contributed by atoms with E-state index in [1.165, 1.54) is 48.5 Å². The van der Waals surface area contributed by atoms with Crippen LogP contribution in [0.3, 0.4) is 0 Å². The molecule has 1 heterocycles. The van der Waals surface area contributed by atoms with Crippen molar-refractivity contribution in [2.75, 3.05) is 11.9 Å². The van der Waals surface area contributed by atoms with Gasteiger partial charge in [0.2, 0.25) is 0 Å². The van der Waals surface area contributed by atoms with Crippen LogP contribution in [0.25, 0.3) is 10.9 Å². The molecule has 0 radical (unpaired) electrons. The van der Waals surface area contributed by atoms with Gasteiger partial charge in [0.05, 0.1) is 17.7 Å². The predicted molar refractivity (Wildman–Crippen MR) is 94.9 cm³/mol. The third-order valence-electron chi connectivity index (χ3n) is 3.71. The van der Waals surface area contributed by atoms with Crippen LogP contribution in [0.1, 0.15) is 27.6 Å². The Kier molecular flexibility index (Phi) is 4.79. The molecule has 1 aromatic heterocycles. The lowest BCUT2D eigenvalue weighted by atomic mass is 10.1. The first-order chi connectivity index (χ1) is 12.5. The number of fused-ring (bicyclic) bond motifs is 1. The van der Waals surface area contributed by atoms with E-state index in [9.17, 15) is 18.8 Å². The van der Waals surface area contributed by atoms with Crippen molar-refractivity contribution in [3.05, 3.63) is 75.8 Å². The molecule has 6 nitrogen and oxygen atoms in total. The number of halogens is 1. The quantitative estimate of drug-likeness (QED) is 0.705. The summed E-state index contributed by atoms with van der Waals surface area (Å²) in [5, 5.41) is 3.12. The molecule has 0 fully saturated rings. The first-order valence-corrected chi connectivity index (χ1v) is 7.89. The summed E-state index contributed by atoms with van der Waals surface area (Å²) in [7, 11) is 0. The number of amides is 1. The fraction of sp³-hybridized carbons (Fsp3) is 0.105. The van der Waals surface area contributed by atoms with Gasteiger partial charge in [-0.2, -0.15) is 0 Å². The smallest absolute Gasteiger partial charge is 0.338 e. The molecule has 0 saturated carbocycles. The van der Waals surface area contributed by atoms with E-state index in [4.69, 9.17) is 4.74 Å². The van der Waals surface area contributed by atoms with E-state index >= 15 is 0 Å². The molecule has 0 aliphatic carbocycles. The number of hydrogen-bond acceptors (Lipinski definition) is 4. The van der Waals surface area contributed by atoms with Crippen molar-refractivity contribution in [1.82, 2.24) is 4.98 Å². The number of nitrogens with one attached hydrogen (secondary N) is 2. The van der Waals surface area contributed by atoms with Crippen LogP contribution in [-0.2, 0) is 4.74 Å². The second kappa shape index (κ2) is 7.18. The number of esters is 1. The molecule has 3 rings (SSSR count). The molecule has 132 valence electrons. The van der Waals surface area contributed by atoms with Crippen molar-refractivity contribution < 1.29 is 18.7 Å². The number of benzene rings is 2. The van der Waals surface area contributed by atoms with Crippen molar-refractivity contribution in [3.8, 4) is 0 Å². The highest BCUT2D eigenvalue weighted by Gasteiger charge is 2.13.